The van der Waals surface area contributed by atoms with Crippen molar-refractivity contribution < 1.29 is 4.74 Å². The fourth-order valence-corrected chi connectivity index (χ4v) is 2.55. The summed E-state index contributed by atoms with van der Waals surface area (Å²) in [5.74, 6) is 0. The summed E-state index contributed by atoms with van der Waals surface area (Å²) in [5, 5.41) is 3.26. The molecule has 0 unspecified atom stereocenters. The van der Waals surface area contributed by atoms with Gasteiger partial charge in [-0.25, -0.2) is 0 Å². The van der Waals surface area contributed by atoms with Crippen LogP contribution in [0.5, 0.6) is 0 Å². The van der Waals surface area contributed by atoms with Gasteiger partial charge in [-0.1, -0.05) is 6.92 Å². The Bertz CT molecular complexity index is 223. The lowest BCUT2D eigenvalue weighted by Crippen LogP contribution is -2.59. The van der Waals surface area contributed by atoms with Crippen molar-refractivity contribution in [3.63, 3.8) is 0 Å². The van der Waals surface area contributed by atoms with Crippen LogP contribution in [0.3, 0.4) is 0 Å². The van der Waals surface area contributed by atoms with Gasteiger partial charge >= 0.3 is 0 Å². The average Bonchev–Trinajstić information content (AvgIpc) is 2.30. The van der Waals surface area contributed by atoms with E-state index in [-0.39, 0.29) is 5.60 Å². The molecule has 0 aromatic carbocycles. The molecule has 0 atom stereocenters. The fraction of sp³-hybridized carbons (Fsp3) is 1.00. The van der Waals surface area contributed by atoms with Crippen LogP contribution in [-0.2, 0) is 4.74 Å². The number of nitrogens with one attached hydrogen (secondary N) is 1. The summed E-state index contributed by atoms with van der Waals surface area (Å²) in [4.78, 5) is 5.09. The predicted octanol–water partition coefficient (Wildman–Crippen LogP) is 0.393. The molecule has 2 rings (SSSR count). The van der Waals surface area contributed by atoms with Crippen LogP contribution in [0.2, 0.25) is 0 Å². The Morgan fingerprint density at radius 2 is 1.65 bits per heavy atom. The number of nitrogens with zero attached hydrogens (tertiary/aromatic N) is 2. The van der Waals surface area contributed by atoms with E-state index in [1.165, 1.54) is 39.1 Å². The van der Waals surface area contributed by atoms with Crippen LogP contribution in [0, 0.1) is 0 Å². The van der Waals surface area contributed by atoms with Crippen LogP contribution < -0.4 is 5.32 Å². The zero-order valence-electron chi connectivity index (χ0n) is 11.4. The van der Waals surface area contributed by atoms with Crippen LogP contribution in [0.4, 0.5) is 0 Å². The van der Waals surface area contributed by atoms with Crippen molar-refractivity contribution in [1.29, 1.82) is 0 Å². The van der Waals surface area contributed by atoms with Crippen LogP contribution in [0.15, 0.2) is 0 Å². The summed E-state index contributed by atoms with van der Waals surface area (Å²) in [7, 11) is 0. The second-order valence-electron chi connectivity index (χ2n) is 5.59. The highest BCUT2D eigenvalue weighted by atomic mass is 16.5. The van der Waals surface area contributed by atoms with Crippen molar-refractivity contribution >= 4 is 0 Å². The van der Waals surface area contributed by atoms with E-state index in [1.54, 1.807) is 0 Å². The van der Waals surface area contributed by atoms with Gasteiger partial charge in [-0.15, -0.1) is 0 Å². The third-order valence-electron chi connectivity index (χ3n) is 3.86. The minimum Gasteiger partial charge on any atom is -0.371 e. The summed E-state index contributed by atoms with van der Waals surface area (Å²) in [5.41, 5.74) is 0.115. The maximum atomic E-state index is 5.92. The quantitative estimate of drug-likeness (QED) is 0.728. The maximum absolute atomic E-state index is 5.92. The standard InChI is InChI=1S/C13H27N3O/c1-3-4-15-5-7-16(8-6-15)9-10-17-13(2)11-14-12-13/h14H,3-12H2,1-2H3. The highest BCUT2D eigenvalue weighted by molar-refractivity contribution is 4.90. The Morgan fingerprint density at radius 3 is 2.12 bits per heavy atom. The Labute approximate surface area is 105 Å². The molecule has 2 heterocycles. The monoisotopic (exact) mass is 241 g/mol. The Balaban J connectivity index is 1.55. The lowest BCUT2D eigenvalue weighted by molar-refractivity contribution is -0.0740. The molecule has 0 radical (unpaired) electrons. The van der Waals surface area contributed by atoms with Gasteiger partial charge in [0.05, 0.1) is 12.2 Å². The molecule has 0 saturated carbocycles. The van der Waals surface area contributed by atoms with E-state index in [1.807, 2.05) is 0 Å². The number of rotatable bonds is 6. The number of ether oxygens (including phenoxy) is 1. The SMILES string of the molecule is CCCN1CCN(CCOC2(C)CNC2)CC1. The molecule has 0 aliphatic carbocycles. The Morgan fingerprint density at radius 1 is 1.06 bits per heavy atom. The number of piperazine rings is 1. The summed E-state index contributed by atoms with van der Waals surface area (Å²) in [6.07, 6.45) is 1.27. The van der Waals surface area contributed by atoms with E-state index in [2.05, 4.69) is 29.0 Å². The second-order valence-corrected chi connectivity index (χ2v) is 5.59. The molecule has 2 aliphatic heterocycles. The molecule has 17 heavy (non-hydrogen) atoms. The molecular formula is C13H27N3O. The minimum absolute atomic E-state index is 0.115. The van der Waals surface area contributed by atoms with Gasteiger partial charge in [0.1, 0.15) is 0 Å². The third-order valence-corrected chi connectivity index (χ3v) is 3.86. The molecule has 4 heteroatoms. The van der Waals surface area contributed by atoms with Crippen LogP contribution >= 0.6 is 0 Å². The van der Waals surface area contributed by atoms with Crippen molar-refractivity contribution in [3.05, 3.63) is 0 Å². The predicted molar refractivity (Wildman–Crippen MR) is 70.4 cm³/mol. The highest BCUT2D eigenvalue weighted by Crippen LogP contribution is 2.15. The normalized spacial score (nSPS) is 25.8. The Hall–Kier alpha value is -0.160. The van der Waals surface area contributed by atoms with Crippen molar-refractivity contribution in [3.8, 4) is 0 Å². The number of hydrogen-bond donors (Lipinski definition) is 1. The molecule has 0 aromatic rings. The zero-order valence-corrected chi connectivity index (χ0v) is 11.4. The van der Waals surface area contributed by atoms with Gasteiger partial charge in [-0.05, 0) is 19.9 Å². The first-order valence-corrected chi connectivity index (χ1v) is 7.01. The van der Waals surface area contributed by atoms with Gasteiger partial charge in [0, 0.05) is 45.8 Å². The molecule has 4 nitrogen and oxygen atoms in total. The van der Waals surface area contributed by atoms with Crippen LogP contribution in [0.1, 0.15) is 20.3 Å². The van der Waals surface area contributed by atoms with E-state index in [4.69, 9.17) is 4.74 Å². The van der Waals surface area contributed by atoms with Gasteiger partial charge in [-0.2, -0.15) is 0 Å². The Kier molecular flexibility index (Phi) is 4.79. The summed E-state index contributed by atoms with van der Waals surface area (Å²) >= 11 is 0. The van der Waals surface area contributed by atoms with Crippen molar-refractivity contribution in [2.24, 2.45) is 0 Å². The minimum atomic E-state index is 0.115. The zero-order chi connectivity index (χ0) is 12.1. The lowest BCUT2D eigenvalue weighted by Gasteiger charge is -2.40. The lowest BCUT2D eigenvalue weighted by atomic mass is 10.0. The fourth-order valence-electron chi connectivity index (χ4n) is 2.55. The molecule has 0 aromatic heterocycles. The maximum Gasteiger partial charge on any atom is 0.0902 e. The number of hydrogen-bond acceptors (Lipinski definition) is 4. The largest absolute Gasteiger partial charge is 0.371 e. The average molecular weight is 241 g/mol. The highest BCUT2D eigenvalue weighted by Gasteiger charge is 2.32. The van der Waals surface area contributed by atoms with Crippen LogP contribution in [0.25, 0.3) is 0 Å². The molecule has 1 N–H and O–H groups in total. The first-order valence-electron chi connectivity index (χ1n) is 7.01. The molecule has 2 fully saturated rings. The van der Waals surface area contributed by atoms with Crippen molar-refractivity contribution in [1.82, 2.24) is 15.1 Å². The molecule has 100 valence electrons. The van der Waals surface area contributed by atoms with Gasteiger partial charge in [0.25, 0.3) is 0 Å². The second kappa shape index (κ2) is 6.14. The molecule has 0 spiro atoms. The van der Waals surface area contributed by atoms with E-state index in [0.717, 1.165) is 26.2 Å². The van der Waals surface area contributed by atoms with Crippen LogP contribution in [-0.4, -0.2) is 74.4 Å². The first-order chi connectivity index (χ1) is 8.22. The summed E-state index contributed by atoms with van der Waals surface area (Å²) < 4.78 is 5.92. The van der Waals surface area contributed by atoms with E-state index >= 15 is 0 Å². The van der Waals surface area contributed by atoms with Gasteiger partial charge in [-0.3, -0.25) is 4.90 Å². The summed E-state index contributed by atoms with van der Waals surface area (Å²) in [6.45, 7) is 14.6. The molecule has 2 aliphatic rings. The third kappa shape index (κ3) is 3.91. The van der Waals surface area contributed by atoms with E-state index < -0.39 is 0 Å². The first kappa shape index (κ1) is 13.3. The van der Waals surface area contributed by atoms with E-state index in [9.17, 15) is 0 Å². The van der Waals surface area contributed by atoms with Crippen molar-refractivity contribution in [2.75, 3.05) is 59.0 Å². The van der Waals surface area contributed by atoms with E-state index in [0.29, 0.717) is 0 Å². The topological polar surface area (TPSA) is 27.7 Å². The van der Waals surface area contributed by atoms with Gasteiger partial charge < -0.3 is 15.0 Å². The smallest absolute Gasteiger partial charge is 0.0902 e. The van der Waals surface area contributed by atoms with Gasteiger partial charge in [0.2, 0.25) is 0 Å². The molecule has 0 bridgehead atoms. The molecule has 0 amide bonds. The van der Waals surface area contributed by atoms with Gasteiger partial charge in [0.15, 0.2) is 0 Å². The molecule has 2 saturated heterocycles. The summed E-state index contributed by atoms with van der Waals surface area (Å²) in [6, 6.07) is 0. The molecular weight excluding hydrogens is 214 g/mol. The van der Waals surface area contributed by atoms with Crippen molar-refractivity contribution in [2.45, 2.75) is 25.9 Å².